The molecule has 0 atom stereocenters. The Bertz CT molecular complexity index is 143. The zero-order valence-corrected chi connectivity index (χ0v) is 8.40. The third-order valence-corrected chi connectivity index (χ3v) is 1.33. The Morgan fingerprint density at radius 2 is 2.00 bits per heavy atom. The fourth-order valence-corrected chi connectivity index (χ4v) is 0.693. The molecule has 6 heteroatoms. The smallest absolute Gasteiger partial charge is 0.319 e. The van der Waals surface area contributed by atoms with Gasteiger partial charge in [-0.2, -0.15) is 8.42 Å². The van der Waals surface area contributed by atoms with Crippen molar-refractivity contribution in [1.29, 1.82) is 0 Å². The second-order valence-electron chi connectivity index (χ2n) is 1.39. The van der Waals surface area contributed by atoms with Crippen molar-refractivity contribution in [1.82, 2.24) is 5.32 Å². The van der Waals surface area contributed by atoms with Crippen LogP contribution in [0.15, 0.2) is 0 Å². The van der Waals surface area contributed by atoms with Crippen LogP contribution >= 0.6 is 0 Å². The van der Waals surface area contributed by atoms with Crippen LogP contribution in [0.3, 0.4) is 0 Å². The maximum Gasteiger partial charge on any atom is 1.00 e. The number of nitrogens with one attached hydrogen (secondary N) is 1. The Morgan fingerprint density at radius 1 is 1.56 bits per heavy atom. The zero-order valence-electron chi connectivity index (χ0n) is 5.59. The van der Waals surface area contributed by atoms with E-state index in [4.69, 9.17) is 4.55 Å². The Balaban J connectivity index is 0. The second-order valence-corrected chi connectivity index (χ2v) is 2.96. The third kappa shape index (κ3) is 12.1. The molecule has 9 heavy (non-hydrogen) atoms. The molecule has 0 aromatic rings. The van der Waals surface area contributed by atoms with Gasteiger partial charge in [-0.3, -0.25) is 4.55 Å². The minimum Gasteiger partial charge on any atom is -0.319 e. The van der Waals surface area contributed by atoms with Gasteiger partial charge in [0.25, 0.3) is 10.1 Å². The third-order valence-electron chi connectivity index (χ3n) is 0.610. The van der Waals surface area contributed by atoms with Gasteiger partial charge in [-0.15, -0.1) is 0 Å². The summed E-state index contributed by atoms with van der Waals surface area (Å²) in [5.41, 5.74) is 0. The summed E-state index contributed by atoms with van der Waals surface area (Å²) in [4.78, 5) is 0. The summed E-state index contributed by atoms with van der Waals surface area (Å²) >= 11 is 0. The van der Waals surface area contributed by atoms with Gasteiger partial charge in [0, 0.05) is 6.54 Å². The predicted octanol–water partition coefficient (Wildman–Crippen LogP) is -3.90. The van der Waals surface area contributed by atoms with Crippen LogP contribution in [0.2, 0.25) is 0 Å². The van der Waals surface area contributed by atoms with Gasteiger partial charge in [0.05, 0.1) is 5.75 Å². The van der Waals surface area contributed by atoms with Crippen molar-refractivity contribution in [2.24, 2.45) is 0 Å². The number of hydrogen-bond acceptors (Lipinski definition) is 3. The Hall–Kier alpha value is 0.870. The van der Waals surface area contributed by atoms with Crippen LogP contribution in [0, 0.1) is 0 Å². The quantitative estimate of drug-likeness (QED) is 0.329. The van der Waals surface area contributed by atoms with Crippen molar-refractivity contribution < 1.29 is 42.5 Å². The predicted molar refractivity (Wildman–Crippen MR) is 30.3 cm³/mol. The first kappa shape index (κ1) is 12.5. The van der Waals surface area contributed by atoms with E-state index >= 15 is 0 Å². The average Bonchev–Trinajstić information content (AvgIpc) is 1.59. The largest absolute Gasteiger partial charge is 1.00 e. The van der Waals surface area contributed by atoms with Crippen LogP contribution in [0.5, 0.6) is 0 Å². The normalized spacial score (nSPS) is 10.4. The van der Waals surface area contributed by atoms with Gasteiger partial charge < -0.3 is 5.32 Å². The van der Waals surface area contributed by atoms with Crippen molar-refractivity contribution in [2.45, 2.75) is 0 Å². The van der Waals surface area contributed by atoms with Crippen molar-refractivity contribution in [3.63, 3.8) is 0 Å². The molecular weight excluding hydrogens is 153 g/mol. The van der Waals surface area contributed by atoms with Gasteiger partial charge in [0.1, 0.15) is 0 Å². The molecule has 0 saturated heterocycles. The van der Waals surface area contributed by atoms with Gasteiger partial charge in [0.15, 0.2) is 0 Å². The van der Waals surface area contributed by atoms with Gasteiger partial charge in [0.2, 0.25) is 0 Å². The first-order valence-corrected chi connectivity index (χ1v) is 3.77. The van der Waals surface area contributed by atoms with Crippen LogP contribution in [-0.2, 0) is 10.1 Å². The Kier molecular flexibility index (Phi) is 7.86. The van der Waals surface area contributed by atoms with E-state index in [1.807, 2.05) is 0 Å². The molecule has 0 heterocycles. The molecule has 0 amide bonds. The van der Waals surface area contributed by atoms with Crippen molar-refractivity contribution in [2.75, 3.05) is 19.3 Å². The van der Waals surface area contributed by atoms with Gasteiger partial charge in [-0.25, -0.2) is 0 Å². The summed E-state index contributed by atoms with van der Waals surface area (Å²) in [7, 11) is -2.13. The molecule has 50 valence electrons. The van der Waals surface area contributed by atoms with Crippen LogP contribution in [0.1, 0.15) is 0 Å². The van der Waals surface area contributed by atoms with Gasteiger partial charge >= 0.3 is 29.6 Å². The van der Waals surface area contributed by atoms with E-state index in [9.17, 15) is 8.42 Å². The van der Waals surface area contributed by atoms with Crippen LogP contribution in [-0.4, -0.2) is 32.3 Å². The molecule has 2 N–H and O–H groups in total. The molecule has 0 bridgehead atoms. The molecule has 0 fully saturated rings. The van der Waals surface area contributed by atoms with E-state index in [0.29, 0.717) is 6.54 Å². The van der Waals surface area contributed by atoms with Crippen LogP contribution < -0.4 is 34.9 Å². The summed E-state index contributed by atoms with van der Waals surface area (Å²) in [6.07, 6.45) is 0. The molecule has 0 rings (SSSR count). The van der Waals surface area contributed by atoms with Crippen molar-refractivity contribution >= 4 is 10.1 Å². The molecule has 0 aliphatic rings. The fraction of sp³-hybridized carbons (Fsp3) is 1.00. The SMILES string of the molecule is CNCCS(=O)(=O)O.[Na+]. The monoisotopic (exact) mass is 162 g/mol. The zero-order chi connectivity index (χ0) is 6.62. The van der Waals surface area contributed by atoms with E-state index in [1.54, 1.807) is 7.05 Å². The van der Waals surface area contributed by atoms with Gasteiger partial charge in [-0.05, 0) is 7.05 Å². The minimum absolute atomic E-state index is 0. The molecule has 0 radical (unpaired) electrons. The Morgan fingerprint density at radius 3 is 2.11 bits per heavy atom. The van der Waals surface area contributed by atoms with Crippen molar-refractivity contribution in [3.8, 4) is 0 Å². The summed E-state index contributed by atoms with van der Waals surface area (Å²) in [6, 6.07) is 0. The topological polar surface area (TPSA) is 66.4 Å². The van der Waals surface area contributed by atoms with E-state index in [1.165, 1.54) is 0 Å². The first-order valence-electron chi connectivity index (χ1n) is 2.16. The maximum absolute atomic E-state index is 9.91. The maximum atomic E-state index is 9.91. The first-order chi connectivity index (χ1) is 3.56. The van der Waals surface area contributed by atoms with Crippen LogP contribution in [0.25, 0.3) is 0 Å². The van der Waals surface area contributed by atoms with E-state index < -0.39 is 10.1 Å². The molecule has 0 aromatic heterocycles. The fourth-order valence-electron chi connectivity index (χ4n) is 0.231. The molecule has 0 aliphatic heterocycles. The van der Waals surface area contributed by atoms with E-state index in [0.717, 1.165) is 0 Å². The van der Waals surface area contributed by atoms with Gasteiger partial charge in [-0.1, -0.05) is 0 Å². The summed E-state index contributed by atoms with van der Waals surface area (Å²) in [6.45, 7) is 0.291. The summed E-state index contributed by atoms with van der Waals surface area (Å²) in [5.74, 6) is -0.219. The molecule has 0 unspecified atom stereocenters. The molecule has 0 aromatic carbocycles. The molecule has 0 aliphatic carbocycles. The Labute approximate surface area is 77.1 Å². The molecule has 0 saturated carbocycles. The summed E-state index contributed by atoms with van der Waals surface area (Å²) in [5, 5.41) is 2.59. The average molecular weight is 162 g/mol. The number of rotatable bonds is 3. The van der Waals surface area contributed by atoms with Crippen LogP contribution in [0.4, 0.5) is 0 Å². The summed E-state index contributed by atoms with van der Waals surface area (Å²) < 4.78 is 27.9. The molecular formula is C3H9NNaO3S+. The van der Waals surface area contributed by atoms with Crippen molar-refractivity contribution in [3.05, 3.63) is 0 Å². The number of hydrogen-bond donors (Lipinski definition) is 2. The molecule has 4 nitrogen and oxygen atoms in total. The van der Waals surface area contributed by atoms with E-state index in [-0.39, 0.29) is 35.3 Å². The standard InChI is InChI=1S/C3H9NO3S.Na/c1-4-2-3-8(5,6)7;/h4H,2-3H2,1H3,(H,5,6,7);/q;+1. The van der Waals surface area contributed by atoms with E-state index in [2.05, 4.69) is 5.32 Å². The second kappa shape index (κ2) is 5.64. The molecule has 0 spiro atoms. The minimum atomic E-state index is -3.75.